The number of piperidine rings is 1. The molecule has 2 atom stereocenters. The molecule has 2 heterocycles. The highest BCUT2D eigenvalue weighted by Gasteiger charge is 2.31. The molecule has 11 heavy (non-hydrogen) atoms. The van der Waals surface area contributed by atoms with Crippen LogP contribution in [-0.4, -0.2) is 49.4 Å². The van der Waals surface area contributed by atoms with E-state index in [2.05, 4.69) is 29.8 Å². The molecule has 0 aromatic heterocycles. The summed E-state index contributed by atoms with van der Waals surface area (Å²) in [5, 5.41) is 0. The summed E-state index contributed by atoms with van der Waals surface area (Å²) in [4.78, 5) is 2.46. The van der Waals surface area contributed by atoms with Gasteiger partial charge in [0.2, 0.25) is 0 Å². The zero-order valence-corrected chi connectivity index (χ0v) is 7.45. The van der Waals surface area contributed by atoms with Crippen LogP contribution >= 0.6 is 0 Å². The first-order valence-electron chi connectivity index (χ1n) is 4.48. The molecule has 0 aromatic carbocycles. The van der Waals surface area contributed by atoms with Crippen LogP contribution in [0.3, 0.4) is 0 Å². The van der Waals surface area contributed by atoms with Crippen molar-refractivity contribution < 1.29 is 4.58 Å². The number of nitrogens with zero attached hydrogens (tertiary/aromatic N) is 2. The second-order valence-electron chi connectivity index (χ2n) is 4.17. The van der Waals surface area contributed by atoms with Crippen LogP contribution in [0.5, 0.6) is 0 Å². The van der Waals surface area contributed by atoms with Gasteiger partial charge in [0, 0.05) is 24.9 Å². The molecular weight excluding hydrogens is 136 g/mol. The van der Waals surface area contributed by atoms with Crippen molar-refractivity contribution in [2.24, 2.45) is 11.8 Å². The number of hydrogen-bond donors (Lipinski definition) is 0. The average molecular weight is 153 g/mol. The van der Waals surface area contributed by atoms with E-state index in [1.165, 1.54) is 26.1 Å². The van der Waals surface area contributed by atoms with Gasteiger partial charge in [0.05, 0.1) is 0 Å². The Labute approximate surface area is 68.5 Å². The largest absolute Gasteiger partial charge is 0.305 e. The summed E-state index contributed by atoms with van der Waals surface area (Å²) >= 11 is 0. The summed E-state index contributed by atoms with van der Waals surface area (Å²) < 4.78 is 2.37. The van der Waals surface area contributed by atoms with Crippen LogP contribution in [0.1, 0.15) is 6.42 Å². The standard InChI is InChI=1S/C9H17N2/c1-10-4-8-3-9(5-10)7-11(2)6-8/h4,8-9H,3,5-7H2,1-2H3/q+1. The van der Waals surface area contributed by atoms with Crippen LogP contribution in [0.2, 0.25) is 0 Å². The minimum atomic E-state index is 0.831. The van der Waals surface area contributed by atoms with Crippen molar-refractivity contribution in [2.75, 3.05) is 33.7 Å². The minimum absolute atomic E-state index is 0.831. The molecule has 0 aromatic rings. The second kappa shape index (κ2) is 2.59. The second-order valence-corrected chi connectivity index (χ2v) is 4.17. The smallest absolute Gasteiger partial charge is 0.146 e. The Morgan fingerprint density at radius 3 is 3.00 bits per heavy atom. The highest BCUT2D eigenvalue weighted by Crippen LogP contribution is 2.22. The maximum Gasteiger partial charge on any atom is 0.146 e. The molecule has 2 bridgehead atoms. The lowest BCUT2D eigenvalue weighted by atomic mass is 9.87. The van der Waals surface area contributed by atoms with Crippen LogP contribution in [-0.2, 0) is 0 Å². The molecule has 0 aliphatic carbocycles. The number of hydrogen-bond acceptors (Lipinski definition) is 1. The van der Waals surface area contributed by atoms with E-state index in [4.69, 9.17) is 0 Å². The third-order valence-electron chi connectivity index (χ3n) is 2.76. The monoisotopic (exact) mass is 153 g/mol. The Balaban J connectivity index is 2.13. The molecule has 0 saturated carbocycles. The van der Waals surface area contributed by atoms with Gasteiger partial charge in [-0.2, -0.15) is 0 Å². The van der Waals surface area contributed by atoms with Crippen LogP contribution in [0.4, 0.5) is 0 Å². The molecule has 2 aliphatic heterocycles. The van der Waals surface area contributed by atoms with Crippen molar-refractivity contribution in [1.82, 2.24) is 4.90 Å². The summed E-state index contributed by atoms with van der Waals surface area (Å²) in [6.07, 6.45) is 3.82. The van der Waals surface area contributed by atoms with E-state index in [-0.39, 0.29) is 0 Å². The summed E-state index contributed by atoms with van der Waals surface area (Å²) in [5.74, 6) is 1.76. The third kappa shape index (κ3) is 1.45. The number of fused-ring (bicyclic) bond motifs is 2. The summed E-state index contributed by atoms with van der Waals surface area (Å²) in [7, 11) is 4.43. The van der Waals surface area contributed by atoms with Gasteiger partial charge in [-0.1, -0.05) is 0 Å². The zero-order chi connectivity index (χ0) is 7.84. The van der Waals surface area contributed by atoms with Gasteiger partial charge in [0.15, 0.2) is 0 Å². The number of rotatable bonds is 0. The molecule has 1 saturated heterocycles. The van der Waals surface area contributed by atoms with E-state index < -0.39 is 0 Å². The first-order chi connectivity index (χ1) is 5.24. The van der Waals surface area contributed by atoms with Gasteiger partial charge in [-0.3, -0.25) is 0 Å². The fourth-order valence-electron chi connectivity index (χ4n) is 2.56. The average Bonchev–Trinajstić information content (AvgIpc) is 1.82. The lowest BCUT2D eigenvalue weighted by Crippen LogP contribution is -2.45. The van der Waals surface area contributed by atoms with Crippen LogP contribution in [0.15, 0.2) is 0 Å². The van der Waals surface area contributed by atoms with Crippen molar-refractivity contribution in [1.29, 1.82) is 0 Å². The maximum absolute atomic E-state index is 2.46. The summed E-state index contributed by atoms with van der Waals surface area (Å²) in [6, 6.07) is 0. The Kier molecular flexibility index (Phi) is 1.72. The molecule has 0 amide bonds. The van der Waals surface area contributed by atoms with Gasteiger partial charge in [-0.25, -0.2) is 4.58 Å². The first-order valence-corrected chi connectivity index (χ1v) is 4.48. The number of likely N-dealkylation sites (tertiary alicyclic amines) is 1. The van der Waals surface area contributed by atoms with E-state index in [1.54, 1.807) is 0 Å². The summed E-state index contributed by atoms with van der Waals surface area (Å²) in [5.41, 5.74) is 0. The van der Waals surface area contributed by atoms with Gasteiger partial charge in [-0.15, -0.1) is 0 Å². The lowest BCUT2D eigenvalue weighted by molar-refractivity contribution is -0.510. The Morgan fingerprint density at radius 1 is 1.45 bits per heavy atom. The molecule has 62 valence electrons. The Bertz CT molecular complexity index is 186. The Hall–Kier alpha value is -0.370. The van der Waals surface area contributed by atoms with Crippen molar-refractivity contribution in [3.63, 3.8) is 0 Å². The van der Waals surface area contributed by atoms with Crippen molar-refractivity contribution in [3.8, 4) is 0 Å². The molecule has 2 aliphatic rings. The molecule has 2 rings (SSSR count). The molecule has 0 radical (unpaired) electrons. The van der Waals surface area contributed by atoms with E-state index in [1.807, 2.05) is 0 Å². The highest BCUT2D eigenvalue weighted by molar-refractivity contribution is 5.56. The van der Waals surface area contributed by atoms with Gasteiger partial charge in [0.1, 0.15) is 19.8 Å². The van der Waals surface area contributed by atoms with Gasteiger partial charge in [-0.05, 0) is 13.5 Å². The normalized spacial score (nSPS) is 38.5. The van der Waals surface area contributed by atoms with Crippen molar-refractivity contribution in [3.05, 3.63) is 0 Å². The fraction of sp³-hybridized carbons (Fsp3) is 0.889. The minimum Gasteiger partial charge on any atom is -0.305 e. The van der Waals surface area contributed by atoms with E-state index >= 15 is 0 Å². The predicted octanol–water partition coefficient (Wildman–Crippen LogP) is 0.281. The van der Waals surface area contributed by atoms with Gasteiger partial charge >= 0.3 is 0 Å². The van der Waals surface area contributed by atoms with Crippen LogP contribution in [0.25, 0.3) is 0 Å². The quantitative estimate of drug-likeness (QED) is 0.453. The van der Waals surface area contributed by atoms with Gasteiger partial charge in [0.25, 0.3) is 0 Å². The molecule has 2 nitrogen and oxygen atoms in total. The lowest BCUT2D eigenvalue weighted by Gasteiger charge is -2.34. The third-order valence-corrected chi connectivity index (χ3v) is 2.76. The molecule has 0 spiro atoms. The molecular formula is C9H17N2+. The van der Waals surface area contributed by atoms with E-state index in [0.29, 0.717) is 0 Å². The molecule has 0 N–H and O–H groups in total. The topological polar surface area (TPSA) is 6.25 Å². The molecule has 1 fully saturated rings. The summed E-state index contributed by atoms with van der Waals surface area (Å²) in [6.45, 7) is 3.83. The Morgan fingerprint density at radius 2 is 2.27 bits per heavy atom. The maximum atomic E-state index is 2.46. The SMILES string of the molecule is CN1CC2C=[N+](C)CC(C2)C1. The van der Waals surface area contributed by atoms with Gasteiger partial charge < -0.3 is 4.90 Å². The fourth-order valence-corrected chi connectivity index (χ4v) is 2.56. The van der Waals surface area contributed by atoms with Crippen LogP contribution in [0, 0.1) is 11.8 Å². The van der Waals surface area contributed by atoms with Crippen molar-refractivity contribution in [2.45, 2.75) is 6.42 Å². The zero-order valence-electron chi connectivity index (χ0n) is 7.45. The van der Waals surface area contributed by atoms with Crippen molar-refractivity contribution >= 4 is 6.21 Å². The van der Waals surface area contributed by atoms with Crippen LogP contribution < -0.4 is 0 Å². The predicted molar refractivity (Wildman–Crippen MR) is 46.2 cm³/mol. The highest BCUT2D eigenvalue weighted by atomic mass is 15.1. The first kappa shape index (κ1) is 7.29. The van der Waals surface area contributed by atoms with E-state index in [0.717, 1.165) is 11.8 Å². The molecule has 2 heteroatoms. The van der Waals surface area contributed by atoms with E-state index in [9.17, 15) is 0 Å². The molecule has 2 unspecified atom stereocenters.